The SMILES string of the molecule is CCCCCOCCOc1ccc(-c2nnc(C(N)CO)s2)cc1C(F)(F)F. The van der Waals surface area contributed by atoms with Crippen LogP contribution in [0, 0.1) is 0 Å². The fraction of sp³-hybridized carbons (Fsp3) is 0.556. The van der Waals surface area contributed by atoms with E-state index in [1.807, 2.05) is 0 Å². The van der Waals surface area contributed by atoms with E-state index in [9.17, 15) is 13.2 Å². The number of rotatable bonds is 11. The van der Waals surface area contributed by atoms with E-state index in [2.05, 4.69) is 17.1 Å². The Balaban J connectivity index is 2.08. The van der Waals surface area contributed by atoms with Crippen molar-refractivity contribution < 1.29 is 27.8 Å². The molecule has 0 saturated heterocycles. The van der Waals surface area contributed by atoms with Gasteiger partial charge in [-0.25, -0.2) is 0 Å². The molecule has 0 bridgehead atoms. The van der Waals surface area contributed by atoms with Gasteiger partial charge < -0.3 is 20.3 Å². The summed E-state index contributed by atoms with van der Waals surface area (Å²) in [6, 6.07) is 3.02. The zero-order valence-electron chi connectivity index (χ0n) is 15.5. The molecule has 1 unspecified atom stereocenters. The standard InChI is InChI=1S/C18H24F3N3O3S/c1-2-3-4-7-26-8-9-27-15-6-5-12(10-13(15)18(19,20)21)16-23-24-17(28-16)14(22)11-25/h5-6,10,14,25H,2-4,7-9,11,22H2,1H3. The molecule has 0 aliphatic carbocycles. The van der Waals surface area contributed by atoms with E-state index in [-0.39, 0.29) is 36.1 Å². The van der Waals surface area contributed by atoms with Crippen LogP contribution < -0.4 is 10.5 Å². The number of aromatic nitrogens is 2. The molecular weight excluding hydrogens is 395 g/mol. The number of ether oxygens (including phenoxy) is 2. The van der Waals surface area contributed by atoms with Gasteiger partial charge in [0.15, 0.2) is 0 Å². The van der Waals surface area contributed by atoms with E-state index >= 15 is 0 Å². The third-order valence-electron chi connectivity index (χ3n) is 3.86. The molecule has 2 rings (SSSR count). The Morgan fingerprint density at radius 3 is 2.64 bits per heavy atom. The predicted molar refractivity (Wildman–Crippen MR) is 100 cm³/mol. The summed E-state index contributed by atoms with van der Waals surface area (Å²) in [6.07, 6.45) is -1.54. The predicted octanol–water partition coefficient (Wildman–Crippen LogP) is 3.80. The second-order valence-electron chi connectivity index (χ2n) is 6.11. The molecule has 0 aliphatic rings. The van der Waals surface area contributed by atoms with Crippen LogP contribution in [0.25, 0.3) is 10.6 Å². The molecule has 3 N–H and O–H groups in total. The van der Waals surface area contributed by atoms with E-state index in [0.29, 0.717) is 11.6 Å². The van der Waals surface area contributed by atoms with Gasteiger partial charge in [0.2, 0.25) is 0 Å². The van der Waals surface area contributed by atoms with Gasteiger partial charge in [0.1, 0.15) is 22.4 Å². The van der Waals surface area contributed by atoms with Crippen LogP contribution in [0.5, 0.6) is 5.75 Å². The quantitative estimate of drug-likeness (QED) is 0.539. The van der Waals surface area contributed by atoms with Crippen molar-refractivity contribution in [3.05, 3.63) is 28.8 Å². The van der Waals surface area contributed by atoms with Crippen molar-refractivity contribution in [3.63, 3.8) is 0 Å². The van der Waals surface area contributed by atoms with Gasteiger partial charge >= 0.3 is 6.18 Å². The zero-order chi connectivity index (χ0) is 20.6. The van der Waals surface area contributed by atoms with E-state index in [1.54, 1.807) is 0 Å². The first kappa shape index (κ1) is 22.5. The number of aliphatic hydroxyl groups excluding tert-OH is 1. The maximum atomic E-state index is 13.4. The molecule has 0 fully saturated rings. The van der Waals surface area contributed by atoms with Crippen molar-refractivity contribution in [1.82, 2.24) is 10.2 Å². The molecule has 0 saturated carbocycles. The van der Waals surface area contributed by atoms with Crippen LogP contribution in [0.3, 0.4) is 0 Å². The first-order valence-corrected chi connectivity index (χ1v) is 9.80. The molecule has 1 aromatic carbocycles. The minimum Gasteiger partial charge on any atom is -0.491 e. The van der Waals surface area contributed by atoms with Crippen molar-refractivity contribution in [2.75, 3.05) is 26.4 Å². The van der Waals surface area contributed by atoms with Crippen molar-refractivity contribution in [3.8, 4) is 16.3 Å². The fourth-order valence-corrected chi connectivity index (χ4v) is 3.19. The Bertz CT molecular complexity index is 740. The number of hydrogen-bond donors (Lipinski definition) is 2. The highest BCUT2D eigenvalue weighted by molar-refractivity contribution is 7.14. The van der Waals surface area contributed by atoms with Gasteiger partial charge in [0.05, 0.1) is 24.8 Å². The Morgan fingerprint density at radius 1 is 1.18 bits per heavy atom. The van der Waals surface area contributed by atoms with Crippen molar-refractivity contribution >= 4 is 11.3 Å². The smallest absolute Gasteiger partial charge is 0.419 e. The van der Waals surface area contributed by atoms with Crippen molar-refractivity contribution in [1.29, 1.82) is 0 Å². The lowest BCUT2D eigenvalue weighted by atomic mass is 10.1. The minimum absolute atomic E-state index is 0.0306. The summed E-state index contributed by atoms with van der Waals surface area (Å²) in [5.41, 5.74) is 5.03. The lowest BCUT2D eigenvalue weighted by Gasteiger charge is -2.15. The highest BCUT2D eigenvalue weighted by Gasteiger charge is 2.35. The van der Waals surface area contributed by atoms with E-state index in [0.717, 1.165) is 36.7 Å². The molecule has 0 aliphatic heterocycles. The Morgan fingerprint density at radius 2 is 1.96 bits per heavy atom. The number of nitrogens with two attached hydrogens (primary N) is 1. The molecule has 6 nitrogen and oxygen atoms in total. The largest absolute Gasteiger partial charge is 0.491 e. The number of benzene rings is 1. The second-order valence-corrected chi connectivity index (χ2v) is 7.12. The first-order valence-electron chi connectivity index (χ1n) is 8.98. The first-order chi connectivity index (χ1) is 13.4. The van der Waals surface area contributed by atoms with E-state index in [1.165, 1.54) is 12.1 Å². The average molecular weight is 419 g/mol. The van der Waals surface area contributed by atoms with Gasteiger partial charge in [-0.3, -0.25) is 0 Å². The number of nitrogens with zero attached hydrogens (tertiary/aromatic N) is 2. The lowest BCUT2D eigenvalue weighted by Crippen LogP contribution is -2.13. The molecular formula is C18H24F3N3O3S. The van der Waals surface area contributed by atoms with Crippen LogP contribution in [-0.4, -0.2) is 41.7 Å². The third kappa shape index (κ3) is 6.40. The maximum Gasteiger partial charge on any atom is 0.419 e. The highest BCUT2D eigenvalue weighted by atomic mass is 32.1. The molecule has 0 spiro atoms. The molecule has 0 amide bonds. The zero-order valence-corrected chi connectivity index (χ0v) is 16.4. The van der Waals surface area contributed by atoms with Gasteiger partial charge in [-0.2, -0.15) is 13.2 Å². The Hall–Kier alpha value is -1.75. The summed E-state index contributed by atoms with van der Waals surface area (Å²) < 4.78 is 51.0. The van der Waals surface area contributed by atoms with E-state index in [4.69, 9.17) is 20.3 Å². The van der Waals surface area contributed by atoms with Gasteiger partial charge in [-0.05, 0) is 24.6 Å². The molecule has 156 valence electrons. The van der Waals surface area contributed by atoms with Gasteiger partial charge in [0, 0.05) is 12.2 Å². The third-order valence-corrected chi connectivity index (χ3v) is 4.97. The normalized spacial score (nSPS) is 12.9. The van der Waals surface area contributed by atoms with E-state index < -0.39 is 17.8 Å². The number of alkyl halides is 3. The van der Waals surface area contributed by atoms with Crippen LogP contribution in [0.2, 0.25) is 0 Å². The average Bonchev–Trinajstić information content (AvgIpc) is 3.16. The topological polar surface area (TPSA) is 90.5 Å². The summed E-state index contributed by atoms with van der Waals surface area (Å²) in [5, 5.41) is 17.4. The highest BCUT2D eigenvalue weighted by Crippen LogP contribution is 2.39. The second kappa shape index (κ2) is 10.7. The summed E-state index contributed by atoms with van der Waals surface area (Å²) in [4.78, 5) is 0. The maximum absolute atomic E-state index is 13.4. The Labute approximate surface area is 165 Å². The Kier molecular flexibility index (Phi) is 8.61. The molecule has 1 aromatic heterocycles. The van der Waals surface area contributed by atoms with Crippen LogP contribution >= 0.6 is 11.3 Å². The van der Waals surface area contributed by atoms with Crippen LogP contribution in [0.1, 0.15) is 42.8 Å². The van der Waals surface area contributed by atoms with Crippen LogP contribution in [-0.2, 0) is 10.9 Å². The van der Waals surface area contributed by atoms with Crippen LogP contribution in [0.4, 0.5) is 13.2 Å². The summed E-state index contributed by atoms with van der Waals surface area (Å²) in [5.74, 6) is -0.259. The molecule has 2 aromatic rings. The van der Waals surface area contributed by atoms with Gasteiger partial charge in [-0.15, -0.1) is 10.2 Å². The lowest BCUT2D eigenvalue weighted by molar-refractivity contribution is -0.139. The number of unbranched alkanes of at least 4 members (excludes halogenated alkanes) is 2. The van der Waals surface area contributed by atoms with Crippen LogP contribution in [0.15, 0.2) is 18.2 Å². The number of aliphatic hydroxyl groups is 1. The molecule has 28 heavy (non-hydrogen) atoms. The van der Waals surface area contributed by atoms with Gasteiger partial charge in [-0.1, -0.05) is 31.1 Å². The molecule has 1 atom stereocenters. The van der Waals surface area contributed by atoms with Crippen molar-refractivity contribution in [2.24, 2.45) is 5.73 Å². The summed E-state index contributed by atoms with van der Waals surface area (Å²) >= 11 is 1.04. The molecule has 10 heteroatoms. The minimum atomic E-state index is -4.58. The fourth-order valence-electron chi connectivity index (χ4n) is 2.36. The molecule has 1 heterocycles. The summed E-state index contributed by atoms with van der Waals surface area (Å²) in [7, 11) is 0. The van der Waals surface area contributed by atoms with Gasteiger partial charge in [0.25, 0.3) is 0 Å². The number of halogens is 3. The number of hydrogen-bond acceptors (Lipinski definition) is 7. The monoisotopic (exact) mass is 419 g/mol. The summed E-state index contributed by atoms with van der Waals surface area (Å²) in [6.45, 7) is 2.58. The molecule has 0 radical (unpaired) electrons. The van der Waals surface area contributed by atoms with Crippen molar-refractivity contribution in [2.45, 2.75) is 38.4 Å².